The van der Waals surface area contributed by atoms with Crippen LogP contribution in [0.5, 0.6) is 5.75 Å². The van der Waals surface area contributed by atoms with E-state index >= 15 is 0 Å². The molecule has 0 aliphatic heterocycles. The number of fused-ring (bicyclic) bond motifs is 1. The monoisotopic (exact) mass is 374 g/mol. The Morgan fingerprint density at radius 2 is 2.07 bits per heavy atom. The Morgan fingerprint density at radius 1 is 1.14 bits per heavy atom. The van der Waals surface area contributed by atoms with Crippen molar-refractivity contribution in [2.45, 2.75) is 6.54 Å². The van der Waals surface area contributed by atoms with E-state index in [0.717, 1.165) is 22.7 Å². The van der Waals surface area contributed by atoms with Gasteiger partial charge in [0, 0.05) is 11.8 Å². The maximum absolute atomic E-state index is 12.1. The summed E-state index contributed by atoms with van der Waals surface area (Å²) in [6.45, 7) is 0.332. The fourth-order valence-electron chi connectivity index (χ4n) is 2.71. The van der Waals surface area contributed by atoms with Gasteiger partial charge in [-0.05, 0) is 36.4 Å². The first-order valence-electron chi connectivity index (χ1n) is 8.67. The van der Waals surface area contributed by atoms with Crippen molar-refractivity contribution in [2.75, 3.05) is 12.4 Å². The predicted octanol–water partition coefficient (Wildman–Crippen LogP) is 3.12. The van der Waals surface area contributed by atoms with Crippen molar-refractivity contribution in [1.82, 2.24) is 24.9 Å². The molecule has 3 heterocycles. The van der Waals surface area contributed by atoms with Gasteiger partial charge in [-0.3, -0.25) is 10.3 Å². The molecule has 3 aromatic heterocycles. The van der Waals surface area contributed by atoms with Gasteiger partial charge in [0.2, 0.25) is 0 Å². The second-order valence-electron chi connectivity index (χ2n) is 6.01. The number of aromatic nitrogens is 4. The van der Waals surface area contributed by atoms with Crippen LogP contribution in [0.1, 0.15) is 5.69 Å². The molecule has 4 rings (SSSR count). The fourth-order valence-corrected chi connectivity index (χ4v) is 2.71. The molecule has 0 unspecified atom stereocenters. The van der Waals surface area contributed by atoms with Gasteiger partial charge in [0.15, 0.2) is 11.5 Å². The van der Waals surface area contributed by atoms with Gasteiger partial charge >= 0.3 is 6.03 Å². The minimum absolute atomic E-state index is 0.332. The number of anilines is 1. The third-order valence-electron chi connectivity index (χ3n) is 4.08. The van der Waals surface area contributed by atoms with E-state index in [2.05, 4.69) is 25.7 Å². The van der Waals surface area contributed by atoms with E-state index in [1.54, 1.807) is 24.0 Å². The Bertz CT molecular complexity index is 1110. The topological polar surface area (TPSA) is 93.4 Å². The van der Waals surface area contributed by atoms with Gasteiger partial charge in [0.05, 0.1) is 31.2 Å². The summed E-state index contributed by atoms with van der Waals surface area (Å²) in [7, 11) is 1.63. The van der Waals surface area contributed by atoms with Crippen molar-refractivity contribution >= 4 is 17.5 Å². The lowest BCUT2D eigenvalue weighted by Gasteiger charge is -2.04. The zero-order valence-corrected chi connectivity index (χ0v) is 15.2. The summed E-state index contributed by atoms with van der Waals surface area (Å²) in [5.74, 6) is 1.17. The highest BCUT2D eigenvalue weighted by Crippen LogP contribution is 2.22. The van der Waals surface area contributed by atoms with E-state index in [4.69, 9.17) is 4.74 Å². The number of rotatable bonds is 5. The number of methoxy groups -OCH3 is 1. The molecule has 0 bridgehead atoms. The Balaban J connectivity index is 1.47. The molecule has 0 aliphatic rings. The average Bonchev–Trinajstić information content (AvgIpc) is 3.14. The molecule has 0 saturated heterocycles. The second kappa shape index (κ2) is 7.75. The summed E-state index contributed by atoms with van der Waals surface area (Å²) in [5, 5.41) is 10.0. The summed E-state index contributed by atoms with van der Waals surface area (Å²) < 4.78 is 6.89. The zero-order chi connectivity index (χ0) is 19.3. The summed E-state index contributed by atoms with van der Waals surface area (Å²) >= 11 is 0. The van der Waals surface area contributed by atoms with Crippen molar-refractivity contribution < 1.29 is 9.53 Å². The molecule has 1 aromatic carbocycles. The summed E-state index contributed by atoms with van der Waals surface area (Å²) in [4.78, 5) is 20.6. The van der Waals surface area contributed by atoms with E-state index in [1.165, 1.54) is 0 Å². The normalized spacial score (nSPS) is 10.6. The molecule has 8 nitrogen and oxygen atoms in total. The van der Waals surface area contributed by atoms with Crippen LogP contribution in [0.3, 0.4) is 0 Å². The molecule has 0 fully saturated rings. The average molecular weight is 374 g/mol. The number of hydrogen-bond acceptors (Lipinski definition) is 5. The maximum atomic E-state index is 12.1. The van der Waals surface area contributed by atoms with E-state index < -0.39 is 0 Å². The van der Waals surface area contributed by atoms with Crippen LogP contribution in [0.2, 0.25) is 0 Å². The van der Waals surface area contributed by atoms with Crippen molar-refractivity contribution in [3.8, 4) is 17.0 Å². The highest BCUT2D eigenvalue weighted by Gasteiger charge is 2.09. The van der Waals surface area contributed by atoms with Gasteiger partial charge < -0.3 is 10.1 Å². The number of carbonyl (C=O) groups excluding carboxylic acids is 1. The summed E-state index contributed by atoms with van der Waals surface area (Å²) in [6, 6.07) is 16.6. The number of amides is 2. The van der Waals surface area contributed by atoms with Crippen LogP contribution in [-0.2, 0) is 6.54 Å². The van der Waals surface area contributed by atoms with Crippen LogP contribution in [0.25, 0.3) is 16.9 Å². The van der Waals surface area contributed by atoms with Crippen LogP contribution in [0.4, 0.5) is 10.6 Å². The summed E-state index contributed by atoms with van der Waals surface area (Å²) in [5.41, 5.74) is 3.11. The molecule has 0 radical (unpaired) electrons. The van der Waals surface area contributed by atoms with Gasteiger partial charge in [0.25, 0.3) is 0 Å². The van der Waals surface area contributed by atoms with Crippen molar-refractivity contribution in [1.29, 1.82) is 0 Å². The first-order chi connectivity index (χ1) is 13.7. The standard InChI is InChI=1S/C20H18N6O2/c1-28-16-7-4-5-14(11-16)17-8-9-19-23-18(13-26(19)25-17)24-20(27)22-12-15-6-2-3-10-21-15/h2-11,13H,12H2,1H3,(H2,22,24,27). The van der Waals surface area contributed by atoms with Gasteiger partial charge in [-0.15, -0.1) is 0 Å². The Labute approximate surface area is 161 Å². The molecule has 2 N–H and O–H groups in total. The van der Waals surface area contributed by atoms with E-state index in [9.17, 15) is 4.79 Å². The van der Waals surface area contributed by atoms with Crippen molar-refractivity contribution in [3.05, 3.63) is 72.7 Å². The minimum atomic E-state index is -0.359. The predicted molar refractivity (Wildman–Crippen MR) is 105 cm³/mol. The van der Waals surface area contributed by atoms with Crippen molar-refractivity contribution in [2.24, 2.45) is 0 Å². The zero-order valence-electron chi connectivity index (χ0n) is 15.2. The summed E-state index contributed by atoms with van der Waals surface area (Å²) in [6.07, 6.45) is 3.35. The van der Waals surface area contributed by atoms with Gasteiger partial charge in [0.1, 0.15) is 5.75 Å². The molecule has 0 saturated carbocycles. The molecule has 0 aliphatic carbocycles. The lowest BCUT2D eigenvalue weighted by molar-refractivity contribution is 0.251. The number of carbonyl (C=O) groups is 1. The quantitative estimate of drug-likeness (QED) is 0.560. The van der Waals surface area contributed by atoms with Crippen molar-refractivity contribution in [3.63, 3.8) is 0 Å². The Hall–Kier alpha value is -3.94. The van der Waals surface area contributed by atoms with Crippen LogP contribution in [-0.4, -0.2) is 32.7 Å². The lowest BCUT2D eigenvalue weighted by atomic mass is 10.1. The van der Waals surface area contributed by atoms with E-state index in [1.807, 2.05) is 54.6 Å². The molecular formula is C20H18N6O2. The highest BCUT2D eigenvalue weighted by atomic mass is 16.5. The van der Waals surface area contributed by atoms with Gasteiger partial charge in [-0.2, -0.15) is 5.10 Å². The third-order valence-corrected chi connectivity index (χ3v) is 4.08. The molecule has 28 heavy (non-hydrogen) atoms. The number of nitrogens with zero attached hydrogens (tertiary/aromatic N) is 4. The molecular weight excluding hydrogens is 356 g/mol. The number of nitrogens with one attached hydrogen (secondary N) is 2. The first kappa shape index (κ1) is 17.5. The van der Waals surface area contributed by atoms with Crippen LogP contribution >= 0.6 is 0 Å². The molecule has 140 valence electrons. The SMILES string of the molecule is COc1cccc(-c2ccc3nc(NC(=O)NCc4ccccn4)cn3n2)c1. The fraction of sp³-hybridized carbons (Fsp3) is 0.100. The van der Waals surface area contributed by atoms with E-state index in [-0.39, 0.29) is 6.03 Å². The van der Waals surface area contributed by atoms with E-state index in [0.29, 0.717) is 18.0 Å². The van der Waals surface area contributed by atoms with Crippen LogP contribution in [0.15, 0.2) is 67.0 Å². The lowest BCUT2D eigenvalue weighted by Crippen LogP contribution is -2.28. The molecule has 4 aromatic rings. The smallest absolute Gasteiger partial charge is 0.320 e. The Morgan fingerprint density at radius 3 is 2.89 bits per heavy atom. The third kappa shape index (κ3) is 3.90. The number of hydrogen-bond donors (Lipinski definition) is 2. The maximum Gasteiger partial charge on any atom is 0.320 e. The Kier molecular flexibility index (Phi) is 4.83. The molecule has 8 heteroatoms. The van der Waals surface area contributed by atoms with Gasteiger partial charge in [-0.1, -0.05) is 18.2 Å². The number of pyridine rings is 1. The van der Waals surface area contributed by atoms with Crippen LogP contribution < -0.4 is 15.4 Å². The number of benzene rings is 1. The first-order valence-corrected chi connectivity index (χ1v) is 8.67. The number of urea groups is 1. The number of imidazole rings is 1. The molecule has 2 amide bonds. The molecule has 0 atom stereocenters. The number of ether oxygens (including phenoxy) is 1. The van der Waals surface area contributed by atoms with Crippen LogP contribution in [0, 0.1) is 0 Å². The minimum Gasteiger partial charge on any atom is -0.497 e. The second-order valence-corrected chi connectivity index (χ2v) is 6.01. The van der Waals surface area contributed by atoms with Gasteiger partial charge in [-0.25, -0.2) is 14.3 Å². The largest absolute Gasteiger partial charge is 0.497 e. The highest BCUT2D eigenvalue weighted by molar-refractivity contribution is 5.88. The molecule has 0 spiro atoms.